The first-order valence-electron chi connectivity index (χ1n) is 5.91. The molecular formula is C14H15Cl2NO2S. The molecule has 1 heterocycles. The van der Waals surface area contributed by atoms with Gasteiger partial charge in [-0.25, -0.2) is 0 Å². The van der Waals surface area contributed by atoms with Gasteiger partial charge in [-0.05, 0) is 29.5 Å². The monoisotopic (exact) mass is 331 g/mol. The summed E-state index contributed by atoms with van der Waals surface area (Å²) in [5, 5.41) is 14.8. The van der Waals surface area contributed by atoms with Crippen molar-refractivity contribution in [3.63, 3.8) is 0 Å². The van der Waals surface area contributed by atoms with E-state index < -0.39 is 12.0 Å². The molecule has 2 N–H and O–H groups in total. The van der Waals surface area contributed by atoms with Gasteiger partial charge in [0.2, 0.25) is 0 Å². The molecule has 0 fully saturated rings. The lowest BCUT2D eigenvalue weighted by Crippen LogP contribution is -2.30. The summed E-state index contributed by atoms with van der Waals surface area (Å²) in [7, 11) is 0. The number of carboxylic acid groups (broad SMARTS) is 1. The number of thiophene rings is 1. The van der Waals surface area contributed by atoms with Crippen molar-refractivity contribution in [3.05, 3.63) is 57.2 Å². The zero-order chi connectivity index (χ0) is 13.7. The van der Waals surface area contributed by atoms with Gasteiger partial charge in [0.05, 0.1) is 0 Å². The van der Waals surface area contributed by atoms with Gasteiger partial charge in [-0.1, -0.05) is 35.9 Å². The highest BCUT2D eigenvalue weighted by molar-refractivity contribution is 7.09. The van der Waals surface area contributed by atoms with Gasteiger partial charge < -0.3 is 10.4 Å². The number of nitrogens with one attached hydrogen (secondary N) is 1. The maximum atomic E-state index is 11.3. The van der Waals surface area contributed by atoms with Crippen LogP contribution in [-0.4, -0.2) is 17.6 Å². The first kappa shape index (κ1) is 17.0. The topological polar surface area (TPSA) is 49.3 Å². The molecule has 0 aliphatic heterocycles. The molecule has 0 spiro atoms. The van der Waals surface area contributed by atoms with Gasteiger partial charge in [0.25, 0.3) is 0 Å². The fourth-order valence-corrected chi connectivity index (χ4v) is 2.79. The minimum atomic E-state index is -0.917. The number of carbonyl (C=O) groups is 1. The van der Waals surface area contributed by atoms with E-state index in [0.29, 0.717) is 17.1 Å². The van der Waals surface area contributed by atoms with Gasteiger partial charge in [-0.3, -0.25) is 4.79 Å². The van der Waals surface area contributed by atoms with E-state index in [2.05, 4.69) is 5.32 Å². The molecule has 0 amide bonds. The van der Waals surface area contributed by atoms with Crippen molar-refractivity contribution in [1.82, 2.24) is 5.32 Å². The van der Waals surface area contributed by atoms with Gasteiger partial charge >= 0.3 is 5.97 Å². The summed E-state index contributed by atoms with van der Waals surface area (Å²) in [5.41, 5.74) is 0.600. The third-order valence-corrected chi connectivity index (χ3v) is 4.04. The van der Waals surface area contributed by atoms with E-state index in [1.54, 1.807) is 35.6 Å². The van der Waals surface area contributed by atoms with Crippen LogP contribution in [0.15, 0.2) is 41.8 Å². The maximum Gasteiger partial charge on any atom is 0.325 e. The van der Waals surface area contributed by atoms with Crippen molar-refractivity contribution in [2.45, 2.75) is 12.5 Å². The second kappa shape index (κ2) is 8.27. The van der Waals surface area contributed by atoms with Gasteiger partial charge in [-0.2, -0.15) is 0 Å². The van der Waals surface area contributed by atoms with Gasteiger partial charge in [-0.15, -0.1) is 23.7 Å². The summed E-state index contributed by atoms with van der Waals surface area (Å²) in [6.45, 7) is 0.600. The standard InChI is InChI=1S/C14H14ClNO2S.ClH/c15-12-6-2-1-5-11(12)13(14(17)18)16-8-7-10-4-3-9-19-10;/h1-6,9,13,16H,7-8H2,(H,17,18);1H/t13-;/m0./s1. The van der Waals surface area contributed by atoms with Gasteiger partial charge in [0.15, 0.2) is 0 Å². The summed E-state index contributed by atoms with van der Waals surface area (Å²) in [6.07, 6.45) is 0.811. The van der Waals surface area contributed by atoms with Crippen molar-refractivity contribution in [3.8, 4) is 0 Å². The molecule has 1 aromatic heterocycles. The number of carboxylic acids is 1. The van der Waals surface area contributed by atoms with Gasteiger partial charge in [0, 0.05) is 16.4 Å². The number of halogens is 2. The Morgan fingerprint density at radius 2 is 2.05 bits per heavy atom. The van der Waals surface area contributed by atoms with E-state index in [-0.39, 0.29) is 12.4 Å². The zero-order valence-corrected chi connectivity index (χ0v) is 13.0. The molecule has 3 nitrogen and oxygen atoms in total. The van der Waals surface area contributed by atoms with E-state index in [9.17, 15) is 9.90 Å². The number of rotatable bonds is 6. The molecule has 0 aliphatic carbocycles. The molecule has 6 heteroatoms. The number of aliphatic carboxylic acids is 1. The average Bonchev–Trinajstić information content (AvgIpc) is 2.89. The summed E-state index contributed by atoms with van der Waals surface area (Å²) < 4.78 is 0. The predicted molar refractivity (Wildman–Crippen MR) is 85.1 cm³/mol. The predicted octanol–water partition coefficient (Wildman–Crippen LogP) is 3.78. The van der Waals surface area contributed by atoms with Crippen LogP contribution in [0.3, 0.4) is 0 Å². The fraction of sp³-hybridized carbons (Fsp3) is 0.214. The highest BCUT2D eigenvalue weighted by Gasteiger charge is 2.21. The second-order valence-electron chi connectivity index (χ2n) is 4.08. The Hall–Kier alpha value is -1.07. The van der Waals surface area contributed by atoms with E-state index in [4.69, 9.17) is 11.6 Å². The zero-order valence-electron chi connectivity index (χ0n) is 10.6. The van der Waals surface area contributed by atoms with Crippen LogP contribution in [0.5, 0.6) is 0 Å². The third-order valence-electron chi connectivity index (χ3n) is 2.76. The normalized spacial score (nSPS) is 11.7. The third kappa shape index (κ3) is 4.49. The first-order chi connectivity index (χ1) is 9.18. The molecule has 0 bridgehead atoms. The van der Waals surface area contributed by atoms with Crippen LogP contribution >= 0.6 is 35.3 Å². The maximum absolute atomic E-state index is 11.3. The second-order valence-corrected chi connectivity index (χ2v) is 5.52. The molecule has 2 rings (SSSR count). The van der Waals surface area contributed by atoms with Gasteiger partial charge in [0.1, 0.15) is 6.04 Å². The minimum absolute atomic E-state index is 0. The van der Waals surface area contributed by atoms with Crippen LogP contribution in [0, 0.1) is 0 Å². The molecule has 1 aromatic carbocycles. The molecule has 0 aliphatic rings. The molecule has 0 saturated heterocycles. The Morgan fingerprint density at radius 3 is 2.65 bits per heavy atom. The van der Waals surface area contributed by atoms with Crippen LogP contribution in [0.4, 0.5) is 0 Å². The van der Waals surface area contributed by atoms with Crippen LogP contribution in [0.1, 0.15) is 16.5 Å². The van der Waals surface area contributed by atoms with E-state index in [1.807, 2.05) is 17.5 Å². The van der Waals surface area contributed by atoms with E-state index in [1.165, 1.54) is 4.88 Å². The Bertz CT molecular complexity index is 546. The Morgan fingerprint density at radius 1 is 1.30 bits per heavy atom. The number of benzene rings is 1. The Labute approximate surface area is 133 Å². The number of hydrogen-bond donors (Lipinski definition) is 2. The van der Waals surface area contributed by atoms with Crippen molar-refractivity contribution >= 4 is 41.3 Å². The Balaban J connectivity index is 0.00000200. The first-order valence-corrected chi connectivity index (χ1v) is 7.17. The Kier molecular flexibility index (Phi) is 7.02. The summed E-state index contributed by atoms with van der Waals surface area (Å²) in [5.74, 6) is -0.917. The molecule has 20 heavy (non-hydrogen) atoms. The van der Waals surface area contributed by atoms with Crippen LogP contribution < -0.4 is 5.32 Å². The van der Waals surface area contributed by atoms with Crippen LogP contribution in [-0.2, 0) is 11.2 Å². The lowest BCUT2D eigenvalue weighted by Gasteiger charge is -2.15. The molecule has 1 atom stereocenters. The molecular weight excluding hydrogens is 317 g/mol. The molecule has 0 radical (unpaired) electrons. The van der Waals surface area contributed by atoms with E-state index in [0.717, 1.165) is 6.42 Å². The molecule has 0 saturated carbocycles. The van der Waals surface area contributed by atoms with Crippen LogP contribution in [0.2, 0.25) is 5.02 Å². The highest BCUT2D eigenvalue weighted by Crippen LogP contribution is 2.23. The molecule has 0 unspecified atom stereocenters. The quantitative estimate of drug-likeness (QED) is 0.846. The average molecular weight is 332 g/mol. The lowest BCUT2D eigenvalue weighted by atomic mass is 10.1. The number of hydrogen-bond acceptors (Lipinski definition) is 3. The van der Waals surface area contributed by atoms with Crippen LogP contribution in [0.25, 0.3) is 0 Å². The minimum Gasteiger partial charge on any atom is -0.480 e. The lowest BCUT2D eigenvalue weighted by molar-refractivity contribution is -0.139. The largest absolute Gasteiger partial charge is 0.480 e. The summed E-state index contributed by atoms with van der Waals surface area (Å²) >= 11 is 7.71. The van der Waals surface area contributed by atoms with Crippen molar-refractivity contribution in [1.29, 1.82) is 0 Å². The summed E-state index contributed by atoms with van der Waals surface area (Å²) in [4.78, 5) is 12.6. The molecule has 2 aromatic rings. The molecule has 108 valence electrons. The van der Waals surface area contributed by atoms with Crippen molar-refractivity contribution in [2.24, 2.45) is 0 Å². The highest BCUT2D eigenvalue weighted by atomic mass is 35.5. The summed E-state index contributed by atoms with van der Waals surface area (Å²) in [6, 6.07) is 10.3. The van der Waals surface area contributed by atoms with Crippen molar-refractivity contribution in [2.75, 3.05) is 6.54 Å². The van der Waals surface area contributed by atoms with Crippen molar-refractivity contribution < 1.29 is 9.90 Å². The smallest absolute Gasteiger partial charge is 0.325 e. The SMILES string of the molecule is Cl.O=C(O)[C@@H](NCCc1cccs1)c1ccccc1Cl. The fourth-order valence-electron chi connectivity index (χ4n) is 1.83. The van der Waals surface area contributed by atoms with E-state index >= 15 is 0 Å².